The minimum Gasteiger partial charge on any atom is -0.347 e. The van der Waals surface area contributed by atoms with E-state index in [1.165, 1.54) is 6.08 Å². The van der Waals surface area contributed by atoms with Gasteiger partial charge in [-0.2, -0.15) is 0 Å². The Kier molecular flexibility index (Phi) is 4.96. The van der Waals surface area contributed by atoms with E-state index < -0.39 is 0 Å². The Morgan fingerprint density at radius 3 is 2.54 bits per heavy atom. The van der Waals surface area contributed by atoms with Gasteiger partial charge in [-0.1, -0.05) is 41.9 Å². The minimum atomic E-state index is -0.199. The Morgan fingerprint density at radius 2 is 1.83 bits per heavy atom. The maximum Gasteiger partial charge on any atom is 0.244 e. The zero-order valence-corrected chi connectivity index (χ0v) is 13.7. The van der Waals surface area contributed by atoms with Gasteiger partial charge in [0.2, 0.25) is 11.8 Å². The Bertz CT molecular complexity index is 757. The van der Waals surface area contributed by atoms with Crippen LogP contribution in [0.5, 0.6) is 0 Å². The largest absolute Gasteiger partial charge is 0.347 e. The van der Waals surface area contributed by atoms with Gasteiger partial charge in [0.1, 0.15) is 0 Å². The highest BCUT2D eigenvalue weighted by Gasteiger charge is 2.31. The molecule has 0 aromatic heterocycles. The fourth-order valence-electron chi connectivity index (χ4n) is 2.66. The maximum atomic E-state index is 12.2. The van der Waals surface area contributed by atoms with Gasteiger partial charge < -0.3 is 10.2 Å². The van der Waals surface area contributed by atoms with E-state index in [2.05, 4.69) is 5.32 Å². The highest BCUT2D eigenvalue weighted by molar-refractivity contribution is 6.30. The molecule has 1 saturated heterocycles. The lowest BCUT2D eigenvalue weighted by atomic mass is 10.2. The van der Waals surface area contributed by atoms with E-state index >= 15 is 0 Å². The molecule has 1 atom stereocenters. The van der Waals surface area contributed by atoms with Gasteiger partial charge in [-0.05, 0) is 35.9 Å². The van der Waals surface area contributed by atoms with Gasteiger partial charge in [0, 0.05) is 29.8 Å². The molecule has 2 aromatic carbocycles. The highest BCUT2D eigenvalue weighted by Crippen LogP contribution is 2.23. The number of carbonyl (C=O) groups excluding carboxylic acids is 2. The van der Waals surface area contributed by atoms with Crippen molar-refractivity contribution >= 4 is 35.2 Å². The van der Waals surface area contributed by atoms with Gasteiger partial charge in [-0.25, -0.2) is 0 Å². The Morgan fingerprint density at radius 1 is 1.12 bits per heavy atom. The van der Waals surface area contributed by atoms with Crippen LogP contribution in [0, 0.1) is 0 Å². The molecular weight excluding hydrogens is 324 g/mol. The minimum absolute atomic E-state index is 0.00494. The van der Waals surface area contributed by atoms with Crippen LogP contribution < -0.4 is 10.2 Å². The summed E-state index contributed by atoms with van der Waals surface area (Å²) in [5.74, 6) is -0.204. The summed E-state index contributed by atoms with van der Waals surface area (Å²) in [4.78, 5) is 25.8. The lowest BCUT2D eigenvalue weighted by molar-refractivity contribution is -0.117. The van der Waals surface area contributed by atoms with Crippen molar-refractivity contribution in [2.45, 2.75) is 12.5 Å². The molecule has 3 rings (SSSR count). The van der Waals surface area contributed by atoms with Gasteiger partial charge in [0.15, 0.2) is 0 Å². The van der Waals surface area contributed by atoms with E-state index in [0.717, 1.165) is 11.3 Å². The summed E-state index contributed by atoms with van der Waals surface area (Å²) in [5.41, 5.74) is 1.75. The normalized spacial score (nSPS) is 17.5. The van der Waals surface area contributed by atoms with Crippen molar-refractivity contribution in [3.05, 3.63) is 71.3 Å². The molecule has 0 saturated carbocycles. The maximum absolute atomic E-state index is 12.2. The van der Waals surface area contributed by atoms with Crippen LogP contribution in [0.2, 0.25) is 5.02 Å². The number of anilines is 1. The first-order valence-corrected chi connectivity index (χ1v) is 8.09. The zero-order chi connectivity index (χ0) is 16.9. The molecule has 4 nitrogen and oxygen atoms in total. The summed E-state index contributed by atoms with van der Waals surface area (Å²) in [6.45, 7) is 0.464. The number of halogens is 1. The number of benzene rings is 2. The van der Waals surface area contributed by atoms with Crippen LogP contribution in [0.15, 0.2) is 60.7 Å². The van der Waals surface area contributed by atoms with E-state index in [1.54, 1.807) is 35.2 Å². The second-order valence-electron chi connectivity index (χ2n) is 5.63. The number of hydrogen-bond donors (Lipinski definition) is 1. The van der Waals surface area contributed by atoms with Crippen molar-refractivity contribution in [1.29, 1.82) is 0 Å². The van der Waals surface area contributed by atoms with E-state index in [1.807, 2.05) is 30.3 Å². The average Bonchev–Trinajstić information content (AvgIpc) is 2.95. The lowest BCUT2D eigenvalue weighted by Crippen LogP contribution is -2.36. The van der Waals surface area contributed by atoms with Crippen molar-refractivity contribution in [2.24, 2.45) is 0 Å². The molecule has 24 heavy (non-hydrogen) atoms. The molecule has 0 aliphatic carbocycles. The molecular formula is C19H17ClN2O2. The van der Waals surface area contributed by atoms with Crippen molar-refractivity contribution in [2.75, 3.05) is 11.4 Å². The molecule has 122 valence electrons. The van der Waals surface area contributed by atoms with Crippen molar-refractivity contribution in [3.63, 3.8) is 0 Å². The second kappa shape index (κ2) is 7.32. The first-order chi connectivity index (χ1) is 11.6. The standard InChI is InChI=1S/C19H17ClN2O2/c20-15-7-9-17(10-8-15)22-13-16(12-19(22)24)21-18(23)11-6-14-4-2-1-3-5-14/h1-11,16H,12-13H2,(H,21,23)/b11-6+. The molecule has 1 aliphatic heterocycles. The molecule has 1 N–H and O–H groups in total. The van der Waals surface area contributed by atoms with Crippen LogP contribution in [0.1, 0.15) is 12.0 Å². The summed E-state index contributed by atoms with van der Waals surface area (Å²) >= 11 is 5.87. The predicted octanol–water partition coefficient (Wildman–Crippen LogP) is 3.27. The first kappa shape index (κ1) is 16.3. The zero-order valence-electron chi connectivity index (χ0n) is 13.0. The van der Waals surface area contributed by atoms with Gasteiger partial charge in [-0.15, -0.1) is 0 Å². The van der Waals surface area contributed by atoms with Gasteiger partial charge in [-0.3, -0.25) is 9.59 Å². The number of nitrogens with one attached hydrogen (secondary N) is 1. The predicted molar refractivity (Wildman–Crippen MR) is 95.8 cm³/mol. The van der Waals surface area contributed by atoms with Crippen LogP contribution in [0.25, 0.3) is 6.08 Å². The quantitative estimate of drug-likeness (QED) is 0.868. The smallest absolute Gasteiger partial charge is 0.244 e. The van der Waals surface area contributed by atoms with E-state index in [-0.39, 0.29) is 17.9 Å². The van der Waals surface area contributed by atoms with Crippen LogP contribution in [-0.4, -0.2) is 24.4 Å². The van der Waals surface area contributed by atoms with E-state index in [9.17, 15) is 9.59 Å². The fraction of sp³-hybridized carbons (Fsp3) is 0.158. The second-order valence-corrected chi connectivity index (χ2v) is 6.07. The van der Waals surface area contributed by atoms with E-state index in [4.69, 9.17) is 11.6 Å². The summed E-state index contributed by atoms with van der Waals surface area (Å²) in [6.07, 6.45) is 3.54. The molecule has 1 aliphatic rings. The molecule has 0 spiro atoms. The molecule has 0 bridgehead atoms. The Balaban J connectivity index is 1.59. The fourth-order valence-corrected chi connectivity index (χ4v) is 2.79. The Labute approximate surface area is 145 Å². The van der Waals surface area contributed by atoms with Crippen molar-refractivity contribution in [1.82, 2.24) is 5.32 Å². The van der Waals surface area contributed by atoms with Gasteiger partial charge in [0.05, 0.1) is 6.04 Å². The molecule has 1 heterocycles. The van der Waals surface area contributed by atoms with Crippen LogP contribution in [-0.2, 0) is 9.59 Å². The molecule has 0 radical (unpaired) electrons. The number of carbonyl (C=O) groups is 2. The highest BCUT2D eigenvalue weighted by atomic mass is 35.5. The molecule has 2 amide bonds. The molecule has 5 heteroatoms. The van der Waals surface area contributed by atoms with Crippen LogP contribution in [0.4, 0.5) is 5.69 Å². The monoisotopic (exact) mass is 340 g/mol. The van der Waals surface area contributed by atoms with Gasteiger partial charge in [0.25, 0.3) is 0 Å². The summed E-state index contributed by atoms with van der Waals surface area (Å²) in [7, 11) is 0. The Hall–Kier alpha value is -2.59. The van der Waals surface area contributed by atoms with Crippen molar-refractivity contribution in [3.8, 4) is 0 Å². The molecule has 1 unspecified atom stereocenters. The number of nitrogens with zero attached hydrogens (tertiary/aromatic N) is 1. The third-order valence-corrected chi connectivity index (χ3v) is 4.09. The molecule has 1 fully saturated rings. The number of amides is 2. The average molecular weight is 341 g/mol. The molecule has 2 aromatic rings. The van der Waals surface area contributed by atoms with Crippen molar-refractivity contribution < 1.29 is 9.59 Å². The SMILES string of the molecule is O=C(/C=C/c1ccccc1)NC1CC(=O)N(c2ccc(Cl)cc2)C1. The summed E-state index contributed by atoms with van der Waals surface area (Å²) in [6, 6.07) is 16.5. The van der Waals surface area contributed by atoms with Gasteiger partial charge >= 0.3 is 0 Å². The third kappa shape index (κ3) is 4.03. The van der Waals surface area contributed by atoms with Crippen LogP contribution >= 0.6 is 11.6 Å². The topological polar surface area (TPSA) is 49.4 Å². The summed E-state index contributed by atoms with van der Waals surface area (Å²) in [5, 5.41) is 3.50. The number of hydrogen-bond acceptors (Lipinski definition) is 2. The first-order valence-electron chi connectivity index (χ1n) is 7.71. The lowest BCUT2D eigenvalue weighted by Gasteiger charge is -2.17. The number of rotatable bonds is 4. The van der Waals surface area contributed by atoms with E-state index in [0.29, 0.717) is 18.0 Å². The summed E-state index contributed by atoms with van der Waals surface area (Å²) < 4.78 is 0. The third-order valence-electron chi connectivity index (χ3n) is 3.84. The van der Waals surface area contributed by atoms with Crippen LogP contribution in [0.3, 0.4) is 0 Å².